The highest BCUT2D eigenvalue weighted by Gasteiger charge is 2.35. The average molecular weight is 597 g/mol. The van der Waals surface area contributed by atoms with E-state index in [-0.39, 0.29) is 17.9 Å². The summed E-state index contributed by atoms with van der Waals surface area (Å²) in [6.07, 6.45) is 3.81. The van der Waals surface area contributed by atoms with Crippen molar-refractivity contribution >= 4 is 51.9 Å². The Hall–Kier alpha value is -4.41. The number of aryl methyl sites for hydroxylation is 2. The van der Waals surface area contributed by atoms with Crippen molar-refractivity contribution in [3.8, 4) is 0 Å². The summed E-state index contributed by atoms with van der Waals surface area (Å²) in [5.74, 6) is -0.510. The molecule has 0 aliphatic carbocycles. The first-order valence-corrected chi connectivity index (χ1v) is 15.4. The van der Waals surface area contributed by atoms with Gasteiger partial charge in [0.25, 0.3) is 5.56 Å². The van der Waals surface area contributed by atoms with Crippen LogP contribution in [0.25, 0.3) is 22.8 Å². The zero-order valence-corrected chi connectivity index (χ0v) is 25.2. The van der Waals surface area contributed by atoms with E-state index in [0.717, 1.165) is 32.6 Å². The molecule has 10 heteroatoms. The van der Waals surface area contributed by atoms with Crippen LogP contribution >= 0.6 is 23.1 Å². The van der Waals surface area contributed by atoms with Gasteiger partial charge in [0.05, 0.1) is 39.5 Å². The molecule has 3 aromatic carbocycles. The van der Waals surface area contributed by atoms with Crippen molar-refractivity contribution < 1.29 is 9.53 Å². The molecule has 8 nitrogen and oxygen atoms in total. The van der Waals surface area contributed by atoms with Gasteiger partial charge in [-0.25, -0.2) is 14.6 Å². The van der Waals surface area contributed by atoms with Gasteiger partial charge in [-0.2, -0.15) is 0 Å². The summed E-state index contributed by atoms with van der Waals surface area (Å²) in [4.78, 5) is 46.6. The molecule has 0 spiro atoms. The molecule has 5 aromatic rings. The number of ether oxygens (including phenoxy) is 1. The number of carbonyl (C=O) groups excluding carboxylic acids is 1. The minimum absolute atomic E-state index is 0.117. The Bertz CT molecular complexity index is 2120. The van der Waals surface area contributed by atoms with Gasteiger partial charge in [-0.3, -0.25) is 18.5 Å². The summed E-state index contributed by atoms with van der Waals surface area (Å²) >= 11 is 2.89. The quantitative estimate of drug-likeness (QED) is 0.220. The molecule has 0 saturated carbocycles. The van der Waals surface area contributed by atoms with Gasteiger partial charge in [0.1, 0.15) is 0 Å². The number of benzene rings is 3. The summed E-state index contributed by atoms with van der Waals surface area (Å²) in [5.41, 5.74) is 4.34. The Kier molecular flexibility index (Phi) is 7.34. The van der Waals surface area contributed by atoms with Crippen LogP contribution in [0.5, 0.6) is 0 Å². The van der Waals surface area contributed by atoms with Crippen LogP contribution in [0.2, 0.25) is 0 Å². The molecule has 42 heavy (non-hydrogen) atoms. The van der Waals surface area contributed by atoms with Crippen molar-refractivity contribution in [2.45, 2.75) is 17.9 Å². The molecule has 0 bridgehead atoms. The van der Waals surface area contributed by atoms with Gasteiger partial charge >= 0.3 is 11.7 Å². The molecule has 2 aromatic heterocycles. The number of fused-ring (bicyclic) bond motifs is 2. The molecule has 6 rings (SSSR count). The Morgan fingerprint density at radius 1 is 1.00 bits per heavy atom. The molecule has 0 amide bonds. The van der Waals surface area contributed by atoms with E-state index >= 15 is 0 Å². The summed E-state index contributed by atoms with van der Waals surface area (Å²) in [6.45, 7) is 1.95. The SMILES string of the molecule is CCOC(=O)C1=C(c2ccccc2)N=c2s/c(=C\c3ccc4c(c3)n(C)c(=O)n4C)c(=O)n2C1c1ccc(SC)cc1. The fourth-order valence-corrected chi connectivity index (χ4v) is 6.72. The van der Waals surface area contributed by atoms with Crippen molar-refractivity contribution in [1.29, 1.82) is 0 Å². The molecule has 0 radical (unpaired) electrons. The molecule has 0 saturated heterocycles. The second-order valence-electron chi connectivity index (χ2n) is 9.85. The zero-order valence-electron chi connectivity index (χ0n) is 23.5. The van der Waals surface area contributed by atoms with Crippen LogP contribution in [-0.4, -0.2) is 32.5 Å². The van der Waals surface area contributed by atoms with Gasteiger partial charge in [-0.1, -0.05) is 59.9 Å². The molecule has 1 aliphatic heterocycles. The smallest absolute Gasteiger partial charge is 0.338 e. The Labute approximate surface area is 249 Å². The molecular weight excluding hydrogens is 569 g/mol. The number of hydrogen-bond acceptors (Lipinski definition) is 7. The highest BCUT2D eigenvalue weighted by atomic mass is 32.2. The maximum absolute atomic E-state index is 14.1. The fourth-order valence-electron chi connectivity index (χ4n) is 5.31. The molecule has 212 valence electrons. The second kappa shape index (κ2) is 11.1. The van der Waals surface area contributed by atoms with Crippen LogP contribution in [0.15, 0.2) is 97.8 Å². The maximum Gasteiger partial charge on any atom is 0.338 e. The number of hydrogen-bond donors (Lipinski definition) is 0. The van der Waals surface area contributed by atoms with Gasteiger partial charge in [0, 0.05) is 24.6 Å². The van der Waals surface area contributed by atoms with E-state index in [4.69, 9.17) is 9.73 Å². The minimum atomic E-state index is -0.731. The number of thiazole rings is 1. The summed E-state index contributed by atoms with van der Waals surface area (Å²) in [7, 11) is 3.46. The average Bonchev–Trinajstić information content (AvgIpc) is 3.44. The second-order valence-corrected chi connectivity index (χ2v) is 11.7. The predicted octanol–water partition coefficient (Wildman–Crippen LogP) is 3.85. The topological polar surface area (TPSA) is 87.6 Å². The molecule has 0 N–H and O–H groups in total. The highest BCUT2D eigenvalue weighted by molar-refractivity contribution is 7.98. The van der Waals surface area contributed by atoms with Gasteiger partial charge in [0.2, 0.25) is 0 Å². The number of thioether (sulfide) groups is 1. The van der Waals surface area contributed by atoms with E-state index in [2.05, 4.69) is 0 Å². The van der Waals surface area contributed by atoms with Gasteiger partial charge < -0.3 is 4.74 Å². The molecule has 0 fully saturated rings. The van der Waals surface area contributed by atoms with Crippen molar-refractivity contribution in [2.75, 3.05) is 12.9 Å². The van der Waals surface area contributed by atoms with Crippen LogP contribution in [0.3, 0.4) is 0 Å². The number of carbonyl (C=O) groups is 1. The maximum atomic E-state index is 14.1. The molecule has 1 aliphatic rings. The van der Waals surface area contributed by atoms with E-state index in [0.29, 0.717) is 20.6 Å². The number of esters is 1. The van der Waals surface area contributed by atoms with E-state index in [1.807, 2.05) is 85.1 Å². The van der Waals surface area contributed by atoms with Crippen molar-refractivity contribution in [3.63, 3.8) is 0 Å². The lowest BCUT2D eigenvalue weighted by Gasteiger charge is -2.26. The van der Waals surface area contributed by atoms with E-state index in [9.17, 15) is 14.4 Å². The standard InChI is InChI=1S/C32H28N4O4S2/c1-5-40-30(38)26-27(20-9-7-6-8-10-20)33-31-36(28(26)21-12-14-22(41-4)15-13-21)29(37)25(42-31)18-19-11-16-23-24(17-19)35(3)32(39)34(23)2/h6-18,28H,5H2,1-4H3/b25-18-. The number of rotatable bonds is 6. The predicted molar refractivity (Wildman–Crippen MR) is 167 cm³/mol. The molecule has 3 heterocycles. The van der Waals surface area contributed by atoms with Gasteiger partial charge in [-0.15, -0.1) is 11.8 Å². The third kappa shape index (κ3) is 4.66. The number of aromatic nitrogens is 3. The third-order valence-electron chi connectivity index (χ3n) is 7.40. The van der Waals surface area contributed by atoms with Crippen LogP contribution in [-0.2, 0) is 23.6 Å². The first-order valence-electron chi connectivity index (χ1n) is 13.4. The molecule has 1 unspecified atom stereocenters. The van der Waals surface area contributed by atoms with Crippen molar-refractivity contribution in [2.24, 2.45) is 19.1 Å². The van der Waals surface area contributed by atoms with E-state index in [1.165, 1.54) is 11.3 Å². The Morgan fingerprint density at radius 2 is 1.71 bits per heavy atom. The van der Waals surface area contributed by atoms with Crippen LogP contribution in [0, 0.1) is 0 Å². The van der Waals surface area contributed by atoms with Crippen LogP contribution in [0.4, 0.5) is 0 Å². The summed E-state index contributed by atoms with van der Waals surface area (Å²) in [5, 5.41) is 0. The normalized spacial score (nSPS) is 15.1. The Morgan fingerprint density at radius 3 is 2.40 bits per heavy atom. The van der Waals surface area contributed by atoms with Crippen LogP contribution < -0.4 is 20.6 Å². The number of nitrogens with zero attached hydrogens (tertiary/aromatic N) is 4. The summed E-state index contributed by atoms with van der Waals surface area (Å²) < 4.78 is 10.8. The molecular formula is C32H28N4O4S2. The lowest BCUT2D eigenvalue weighted by molar-refractivity contribution is -0.138. The first kappa shape index (κ1) is 27.7. The number of imidazole rings is 1. The fraction of sp³-hybridized carbons (Fsp3) is 0.188. The van der Waals surface area contributed by atoms with Crippen molar-refractivity contribution in [3.05, 3.63) is 125 Å². The Balaban J connectivity index is 1.62. The lowest BCUT2D eigenvalue weighted by Crippen LogP contribution is -2.40. The summed E-state index contributed by atoms with van der Waals surface area (Å²) in [6, 6.07) is 22.3. The lowest BCUT2D eigenvalue weighted by atomic mass is 9.93. The first-order chi connectivity index (χ1) is 20.3. The van der Waals surface area contributed by atoms with E-state index < -0.39 is 12.0 Å². The van der Waals surface area contributed by atoms with Gasteiger partial charge in [-0.05, 0) is 54.6 Å². The minimum Gasteiger partial charge on any atom is -0.463 e. The van der Waals surface area contributed by atoms with E-state index in [1.54, 1.807) is 46.5 Å². The zero-order chi connectivity index (χ0) is 29.5. The van der Waals surface area contributed by atoms with Gasteiger partial charge in [0.15, 0.2) is 4.80 Å². The van der Waals surface area contributed by atoms with Crippen molar-refractivity contribution in [1.82, 2.24) is 13.7 Å². The third-order valence-corrected chi connectivity index (χ3v) is 9.13. The highest BCUT2D eigenvalue weighted by Crippen LogP contribution is 2.35. The largest absolute Gasteiger partial charge is 0.463 e. The molecule has 1 atom stereocenters. The van der Waals surface area contributed by atoms with Crippen LogP contribution in [0.1, 0.15) is 29.7 Å². The monoisotopic (exact) mass is 596 g/mol.